The van der Waals surface area contributed by atoms with Crippen molar-refractivity contribution in [2.45, 2.75) is 77.7 Å². The fraction of sp³-hybridized carbons (Fsp3) is 0.529. The molecule has 17 heteroatoms. The maximum Gasteiger partial charge on any atom is 0.458 e. The number of carbonyl (C=O) groups is 4. The van der Waals surface area contributed by atoms with Gasteiger partial charge in [0.25, 0.3) is 5.91 Å². The van der Waals surface area contributed by atoms with Crippen molar-refractivity contribution in [1.82, 2.24) is 15.5 Å². The maximum absolute atomic E-state index is 13.5. The Kier molecular flexibility index (Phi) is 16.8. The number of Topliss-reactive ketones (excluding diaryl/α,β-unsaturated/α-hetero) is 2. The van der Waals surface area contributed by atoms with Crippen LogP contribution in [0.2, 0.25) is 0 Å². The molecule has 284 valence electrons. The van der Waals surface area contributed by atoms with Gasteiger partial charge in [-0.05, 0) is 81.1 Å². The van der Waals surface area contributed by atoms with Gasteiger partial charge in [0.1, 0.15) is 17.3 Å². The normalized spacial score (nSPS) is 13.3. The van der Waals surface area contributed by atoms with E-state index in [1.54, 1.807) is 24.3 Å². The summed E-state index contributed by atoms with van der Waals surface area (Å²) in [7, 11) is 0. The molecule has 0 saturated heterocycles. The van der Waals surface area contributed by atoms with Crippen LogP contribution in [0.1, 0.15) is 56.2 Å². The van der Waals surface area contributed by atoms with E-state index in [4.69, 9.17) is 4.74 Å². The molecule has 4 N–H and O–H groups in total. The van der Waals surface area contributed by atoms with Gasteiger partial charge in [0, 0.05) is 32.1 Å². The highest BCUT2D eigenvalue weighted by molar-refractivity contribution is 6.41. The van der Waals surface area contributed by atoms with E-state index in [1.165, 1.54) is 6.07 Å². The Morgan fingerprint density at radius 3 is 2.16 bits per heavy atom. The van der Waals surface area contributed by atoms with Gasteiger partial charge >= 0.3 is 23.9 Å². The summed E-state index contributed by atoms with van der Waals surface area (Å²) in [5.41, 5.74) is 3.28. The van der Waals surface area contributed by atoms with Gasteiger partial charge < -0.3 is 30.7 Å². The van der Waals surface area contributed by atoms with Crippen molar-refractivity contribution in [2.24, 2.45) is 0 Å². The molecule has 0 unspecified atom stereocenters. The van der Waals surface area contributed by atoms with Gasteiger partial charge in [-0.3, -0.25) is 19.2 Å². The molecule has 2 amide bonds. The highest BCUT2D eigenvalue weighted by atomic mass is 19.4. The molecule has 0 radical (unpaired) electrons. The molecule has 10 nitrogen and oxygen atoms in total. The monoisotopic (exact) mass is 736 g/mol. The Morgan fingerprint density at radius 1 is 0.941 bits per heavy atom. The number of anilines is 1. The van der Waals surface area contributed by atoms with Crippen LogP contribution in [-0.2, 0) is 32.0 Å². The minimum atomic E-state index is -5.77. The lowest BCUT2D eigenvalue weighted by Crippen LogP contribution is -2.43. The van der Waals surface area contributed by atoms with Gasteiger partial charge in [-0.1, -0.05) is 31.9 Å². The van der Waals surface area contributed by atoms with Crippen molar-refractivity contribution in [1.29, 1.82) is 0 Å². The number of hydrogen-bond acceptors (Lipinski definition) is 8. The van der Waals surface area contributed by atoms with E-state index >= 15 is 0 Å². The van der Waals surface area contributed by atoms with Crippen LogP contribution in [0.3, 0.4) is 0 Å². The van der Waals surface area contributed by atoms with E-state index in [1.807, 2.05) is 11.8 Å². The van der Waals surface area contributed by atoms with E-state index in [0.717, 1.165) is 42.4 Å². The quantitative estimate of drug-likeness (QED) is 0.0756. The first-order chi connectivity index (χ1) is 23.9. The molecule has 1 aliphatic heterocycles. The van der Waals surface area contributed by atoms with Crippen molar-refractivity contribution in [3.8, 4) is 11.5 Å². The zero-order valence-electron chi connectivity index (χ0n) is 28.5. The zero-order chi connectivity index (χ0) is 38.4. The van der Waals surface area contributed by atoms with Crippen LogP contribution in [0.25, 0.3) is 0 Å². The predicted octanol–water partition coefficient (Wildman–Crippen LogP) is 5.18. The molecule has 3 rings (SSSR count). The van der Waals surface area contributed by atoms with Crippen LogP contribution >= 0.6 is 0 Å². The van der Waals surface area contributed by atoms with Crippen molar-refractivity contribution in [2.75, 3.05) is 44.6 Å². The minimum Gasteiger partial charge on any atom is -0.506 e. The van der Waals surface area contributed by atoms with Crippen LogP contribution in [0.5, 0.6) is 11.5 Å². The second-order valence-electron chi connectivity index (χ2n) is 11.8. The number of carbonyl (C=O) groups excluding carboxylic acids is 4. The van der Waals surface area contributed by atoms with Crippen molar-refractivity contribution >= 4 is 29.1 Å². The van der Waals surface area contributed by atoms with E-state index in [9.17, 15) is 55.0 Å². The molecule has 0 aromatic heterocycles. The molecule has 0 saturated carbocycles. The van der Waals surface area contributed by atoms with Gasteiger partial charge in [0.2, 0.25) is 5.91 Å². The number of nitrogens with one attached hydrogen (secondary N) is 3. The molecular weight excluding hydrogens is 693 g/mol. The Labute approximate surface area is 291 Å². The molecule has 0 spiro atoms. The van der Waals surface area contributed by atoms with Crippen molar-refractivity contribution in [3.63, 3.8) is 0 Å². The van der Waals surface area contributed by atoms with Crippen LogP contribution in [-0.4, -0.2) is 91.1 Å². The molecule has 0 aliphatic carbocycles. The summed E-state index contributed by atoms with van der Waals surface area (Å²) in [5, 5.41) is 19.5. The van der Waals surface area contributed by atoms with E-state index in [0.29, 0.717) is 57.0 Å². The Balaban J connectivity index is 0.000000641. The first-order valence-electron chi connectivity index (χ1n) is 16.3. The van der Waals surface area contributed by atoms with E-state index in [-0.39, 0.29) is 36.0 Å². The lowest BCUT2D eigenvalue weighted by molar-refractivity contribution is -0.193. The van der Waals surface area contributed by atoms with Crippen LogP contribution < -0.4 is 20.7 Å². The summed E-state index contributed by atoms with van der Waals surface area (Å²) in [4.78, 5) is 45.9. The van der Waals surface area contributed by atoms with Gasteiger partial charge in [0.15, 0.2) is 12.4 Å². The molecule has 2 aromatic carbocycles. The highest BCUT2D eigenvalue weighted by Gasteiger charge is 2.54. The SMILES string of the molecule is CCCC[C@@H](C)N(CCNCCc1ccc(O)c2c1OCC(=O)N2)C(=O)CCNCCc1cc(F)ccc1C.O=C(C(=O)C(F)(F)F)C(F)(F)F. The number of aryl methyl sites for hydroxylation is 1. The van der Waals surface area contributed by atoms with Crippen LogP contribution in [0.15, 0.2) is 30.3 Å². The largest absolute Gasteiger partial charge is 0.506 e. The van der Waals surface area contributed by atoms with Crippen molar-refractivity contribution in [3.05, 3.63) is 52.8 Å². The average Bonchev–Trinajstić information content (AvgIpc) is 3.06. The lowest BCUT2D eigenvalue weighted by Gasteiger charge is -2.30. The first-order valence-corrected chi connectivity index (χ1v) is 16.3. The lowest BCUT2D eigenvalue weighted by atomic mass is 10.1. The Bertz CT molecular complexity index is 1480. The number of halogens is 7. The number of ether oxygens (including phenoxy) is 1. The topological polar surface area (TPSA) is 137 Å². The molecule has 1 aliphatic rings. The minimum absolute atomic E-state index is 0.0106. The third-order valence-electron chi connectivity index (χ3n) is 7.88. The average molecular weight is 737 g/mol. The molecule has 51 heavy (non-hydrogen) atoms. The number of fused-ring (bicyclic) bond motifs is 1. The molecular formula is C34H43F7N4O6. The van der Waals surface area contributed by atoms with Gasteiger partial charge in [-0.2, -0.15) is 26.3 Å². The van der Waals surface area contributed by atoms with Gasteiger partial charge in [0.05, 0.1) is 0 Å². The summed E-state index contributed by atoms with van der Waals surface area (Å²) in [6, 6.07) is 8.38. The number of benzene rings is 2. The number of hydrogen-bond donors (Lipinski definition) is 4. The van der Waals surface area contributed by atoms with Gasteiger partial charge in [-0.15, -0.1) is 0 Å². The summed E-state index contributed by atoms with van der Waals surface area (Å²) >= 11 is 0. The number of alkyl halides is 6. The second-order valence-corrected chi connectivity index (χ2v) is 11.8. The Morgan fingerprint density at radius 2 is 1.55 bits per heavy atom. The second kappa shape index (κ2) is 20.0. The highest BCUT2D eigenvalue weighted by Crippen LogP contribution is 2.39. The van der Waals surface area contributed by atoms with Gasteiger partial charge in [-0.25, -0.2) is 4.39 Å². The summed E-state index contributed by atoms with van der Waals surface area (Å²) < 4.78 is 86.0. The summed E-state index contributed by atoms with van der Waals surface area (Å²) in [6.07, 6.45) is -6.61. The standard InChI is InChI=1S/C30H43FN4O4.C4F6O2/c1-4-5-6-22(3)35(28(38)13-16-32-15-12-24-19-25(31)9-7-21(24)2)18-17-33-14-11-23-8-10-26(36)29-30(23)39-20-27(37)34-29;5-3(6,7)1(11)2(12)4(8,9)10/h7-10,19,22,32-33,36H,4-6,11-18,20H2,1-3H3,(H,34,37);/t22-;/m1./s1. The number of phenols is 1. The smallest absolute Gasteiger partial charge is 0.458 e. The summed E-state index contributed by atoms with van der Waals surface area (Å²) in [5.74, 6) is -6.69. The number of phenolic OH excluding ortho intramolecular Hbond substituents is 1. The number of amides is 2. The number of ketones is 2. The Hall–Kier alpha value is -4.25. The number of aromatic hydroxyl groups is 1. The predicted molar refractivity (Wildman–Crippen MR) is 174 cm³/mol. The van der Waals surface area contributed by atoms with Crippen LogP contribution in [0, 0.1) is 12.7 Å². The molecule has 1 heterocycles. The third kappa shape index (κ3) is 14.1. The fourth-order valence-electron chi connectivity index (χ4n) is 5.06. The third-order valence-corrected chi connectivity index (χ3v) is 7.88. The number of rotatable bonds is 17. The van der Waals surface area contributed by atoms with Crippen LogP contribution in [0.4, 0.5) is 36.4 Å². The summed E-state index contributed by atoms with van der Waals surface area (Å²) in [6.45, 7) is 9.40. The van der Waals surface area contributed by atoms with E-state index in [2.05, 4.69) is 29.8 Å². The molecule has 1 atom stereocenters. The number of nitrogens with zero attached hydrogens (tertiary/aromatic N) is 1. The zero-order valence-corrected chi connectivity index (χ0v) is 28.5. The van der Waals surface area contributed by atoms with E-state index < -0.39 is 23.9 Å². The molecule has 0 bridgehead atoms. The number of unbranched alkanes of at least 4 members (excludes halogenated alkanes) is 1. The van der Waals surface area contributed by atoms with Crippen molar-refractivity contribution < 1.29 is 59.8 Å². The molecule has 0 fully saturated rings. The maximum atomic E-state index is 13.5. The molecule has 2 aromatic rings. The fourth-order valence-corrected chi connectivity index (χ4v) is 5.06. The first kappa shape index (κ1) is 42.9.